The maximum absolute atomic E-state index is 11.7. The molecule has 0 fully saturated rings. The summed E-state index contributed by atoms with van der Waals surface area (Å²) in [5, 5.41) is 0.832. The summed E-state index contributed by atoms with van der Waals surface area (Å²) in [4.78, 5) is 20.6. The van der Waals surface area contributed by atoms with Crippen LogP contribution in [0.4, 0.5) is 11.5 Å². The Morgan fingerprint density at radius 3 is 2.57 bits per heavy atom. The number of carbonyl (C=O) groups is 1. The molecule has 1 heterocycles. The van der Waals surface area contributed by atoms with Crippen molar-refractivity contribution >= 4 is 17.5 Å². The van der Waals surface area contributed by atoms with Crippen molar-refractivity contribution in [3.8, 4) is 0 Å². The van der Waals surface area contributed by atoms with Gasteiger partial charge in [-0.05, 0) is 18.6 Å². The highest BCUT2D eigenvalue weighted by atomic mass is 16.7. The molecule has 0 amide bonds. The summed E-state index contributed by atoms with van der Waals surface area (Å²) in [5.74, 6) is 5.51. The van der Waals surface area contributed by atoms with Gasteiger partial charge >= 0.3 is 5.97 Å². The molecule has 1 aromatic rings. The van der Waals surface area contributed by atoms with Crippen molar-refractivity contribution in [1.29, 1.82) is 0 Å². The maximum atomic E-state index is 11.7. The highest BCUT2D eigenvalue weighted by Crippen LogP contribution is 2.17. The highest BCUT2D eigenvalue weighted by molar-refractivity contribution is 5.71. The van der Waals surface area contributed by atoms with E-state index in [2.05, 4.69) is 11.9 Å². The summed E-state index contributed by atoms with van der Waals surface area (Å²) >= 11 is 0. The number of anilines is 2. The minimum Gasteiger partial charge on any atom is -0.396 e. The van der Waals surface area contributed by atoms with Crippen molar-refractivity contribution in [3.63, 3.8) is 0 Å². The lowest BCUT2D eigenvalue weighted by atomic mass is 10.1. The standard InChI is InChI=1S/C15H26N4O2/c1-2-3-4-5-6-7-8-11-14(20)21-19(17)15-13(16)10-9-12-18-15/h9-10,12H,2-8,11,16-17H2,1H3. The zero-order chi connectivity index (χ0) is 15.5. The van der Waals surface area contributed by atoms with Crippen molar-refractivity contribution in [2.75, 3.05) is 10.9 Å². The molecule has 6 heteroatoms. The number of hydrogen-bond acceptors (Lipinski definition) is 6. The average Bonchev–Trinajstić information content (AvgIpc) is 2.46. The van der Waals surface area contributed by atoms with Gasteiger partial charge in [-0.15, -0.1) is 5.17 Å². The van der Waals surface area contributed by atoms with Gasteiger partial charge in [0.05, 0.1) is 5.69 Å². The van der Waals surface area contributed by atoms with Crippen LogP contribution in [0.1, 0.15) is 58.3 Å². The fourth-order valence-electron chi connectivity index (χ4n) is 2.02. The number of aromatic nitrogens is 1. The second-order valence-corrected chi connectivity index (χ2v) is 5.08. The van der Waals surface area contributed by atoms with Gasteiger partial charge < -0.3 is 10.6 Å². The Morgan fingerprint density at radius 2 is 1.90 bits per heavy atom. The van der Waals surface area contributed by atoms with Gasteiger partial charge in [-0.1, -0.05) is 45.4 Å². The summed E-state index contributed by atoms with van der Waals surface area (Å²) in [7, 11) is 0. The lowest BCUT2D eigenvalue weighted by Gasteiger charge is -2.17. The van der Waals surface area contributed by atoms with E-state index in [0.717, 1.165) is 24.4 Å². The van der Waals surface area contributed by atoms with Gasteiger partial charge in [-0.25, -0.2) is 15.6 Å². The predicted octanol–water partition coefficient (Wildman–Crippen LogP) is 2.94. The van der Waals surface area contributed by atoms with E-state index in [4.69, 9.17) is 16.4 Å². The summed E-state index contributed by atoms with van der Waals surface area (Å²) in [6.45, 7) is 2.20. The lowest BCUT2D eigenvalue weighted by Crippen LogP contribution is -2.35. The molecule has 0 spiro atoms. The topological polar surface area (TPSA) is 94.5 Å². The van der Waals surface area contributed by atoms with E-state index in [1.54, 1.807) is 12.1 Å². The number of nitrogens with zero attached hydrogens (tertiary/aromatic N) is 2. The third-order valence-electron chi connectivity index (χ3n) is 3.21. The Morgan fingerprint density at radius 1 is 1.24 bits per heavy atom. The number of nitrogen functional groups attached to an aromatic ring is 1. The third kappa shape index (κ3) is 6.94. The highest BCUT2D eigenvalue weighted by Gasteiger charge is 2.12. The summed E-state index contributed by atoms with van der Waals surface area (Å²) in [6.07, 6.45) is 9.94. The normalized spacial score (nSPS) is 10.4. The van der Waals surface area contributed by atoms with Gasteiger partial charge in [-0.3, -0.25) is 0 Å². The molecular formula is C15H26N4O2. The Labute approximate surface area is 126 Å². The average molecular weight is 294 g/mol. The first-order valence-corrected chi connectivity index (χ1v) is 7.61. The first-order valence-electron chi connectivity index (χ1n) is 7.61. The van der Waals surface area contributed by atoms with Crippen LogP contribution in [0.15, 0.2) is 18.3 Å². The van der Waals surface area contributed by atoms with Gasteiger partial charge in [0.25, 0.3) is 0 Å². The number of rotatable bonds is 10. The molecular weight excluding hydrogens is 268 g/mol. The minimum absolute atomic E-state index is 0.241. The van der Waals surface area contributed by atoms with Crippen LogP contribution in [0.5, 0.6) is 0 Å². The second-order valence-electron chi connectivity index (χ2n) is 5.08. The molecule has 0 aromatic carbocycles. The molecule has 0 bridgehead atoms. The molecule has 1 rings (SSSR count). The molecule has 0 saturated heterocycles. The molecule has 0 unspecified atom stereocenters. The third-order valence-corrected chi connectivity index (χ3v) is 3.21. The quantitative estimate of drug-likeness (QED) is 0.391. The molecule has 0 radical (unpaired) electrons. The summed E-state index contributed by atoms with van der Waals surface area (Å²) < 4.78 is 0. The number of pyridine rings is 1. The van der Waals surface area contributed by atoms with Gasteiger partial charge in [-0.2, -0.15) is 0 Å². The Kier molecular flexibility index (Phi) is 8.19. The molecule has 0 atom stereocenters. The van der Waals surface area contributed by atoms with Crippen LogP contribution in [0.3, 0.4) is 0 Å². The van der Waals surface area contributed by atoms with Gasteiger partial charge in [0.15, 0.2) is 0 Å². The van der Waals surface area contributed by atoms with Crippen LogP contribution in [-0.4, -0.2) is 11.0 Å². The second kappa shape index (κ2) is 9.99. The molecule has 0 aliphatic heterocycles. The van der Waals surface area contributed by atoms with Crippen LogP contribution in [-0.2, 0) is 9.63 Å². The van der Waals surface area contributed by atoms with E-state index in [9.17, 15) is 4.79 Å². The molecule has 21 heavy (non-hydrogen) atoms. The molecule has 4 N–H and O–H groups in total. The first-order chi connectivity index (χ1) is 10.1. The van der Waals surface area contributed by atoms with E-state index in [-0.39, 0.29) is 11.8 Å². The van der Waals surface area contributed by atoms with E-state index < -0.39 is 0 Å². The van der Waals surface area contributed by atoms with Crippen LogP contribution in [0.2, 0.25) is 0 Å². The minimum atomic E-state index is -0.365. The number of unbranched alkanes of at least 4 members (excludes halogenated alkanes) is 6. The van der Waals surface area contributed by atoms with Crippen LogP contribution >= 0.6 is 0 Å². The lowest BCUT2D eigenvalue weighted by molar-refractivity contribution is -0.145. The van der Waals surface area contributed by atoms with Crippen molar-refractivity contribution < 1.29 is 9.63 Å². The molecule has 0 saturated carbocycles. The smallest absolute Gasteiger partial charge is 0.334 e. The number of nitrogens with two attached hydrogens (primary N) is 2. The fraction of sp³-hybridized carbons (Fsp3) is 0.600. The fourth-order valence-corrected chi connectivity index (χ4v) is 2.02. The monoisotopic (exact) mass is 294 g/mol. The summed E-state index contributed by atoms with van der Waals surface area (Å²) in [5.41, 5.74) is 6.07. The zero-order valence-electron chi connectivity index (χ0n) is 12.8. The van der Waals surface area contributed by atoms with Crippen molar-refractivity contribution in [3.05, 3.63) is 18.3 Å². The van der Waals surface area contributed by atoms with Crippen molar-refractivity contribution in [2.45, 2.75) is 58.3 Å². The SMILES string of the molecule is CCCCCCCCCC(=O)ON(N)c1ncccc1N. The van der Waals surface area contributed by atoms with Crippen LogP contribution in [0.25, 0.3) is 0 Å². The largest absolute Gasteiger partial charge is 0.396 e. The maximum Gasteiger partial charge on any atom is 0.334 e. The van der Waals surface area contributed by atoms with Gasteiger partial charge in [0, 0.05) is 12.6 Å². The first kappa shape index (κ1) is 17.2. The van der Waals surface area contributed by atoms with E-state index in [1.807, 2.05) is 0 Å². The zero-order valence-corrected chi connectivity index (χ0v) is 12.8. The van der Waals surface area contributed by atoms with Crippen molar-refractivity contribution in [2.24, 2.45) is 5.84 Å². The summed E-state index contributed by atoms with van der Waals surface area (Å²) in [6, 6.07) is 3.33. The number of hydrogen-bond donors (Lipinski definition) is 2. The molecule has 1 aromatic heterocycles. The number of hydrazine groups is 1. The Hall–Kier alpha value is -1.82. The van der Waals surface area contributed by atoms with Gasteiger partial charge in [0.1, 0.15) is 0 Å². The van der Waals surface area contributed by atoms with Crippen LogP contribution < -0.4 is 16.7 Å². The Bertz CT molecular complexity index is 426. The van der Waals surface area contributed by atoms with E-state index >= 15 is 0 Å². The molecule has 6 nitrogen and oxygen atoms in total. The van der Waals surface area contributed by atoms with Crippen LogP contribution in [0, 0.1) is 0 Å². The van der Waals surface area contributed by atoms with E-state index in [1.165, 1.54) is 31.9 Å². The molecule has 118 valence electrons. The number of carbonyl (C=O) groups excluding carboxylic acids is 1. The molecule has 0 aliphatic rings. The Balaban J connectivity index is 2.17. The van der Waals surface area contributed by atoms with Gasteiger partial charge in [0.2, 0.25) is 5.82 Å². The molecule has 0 aliphatic carbocycles. The van der Waals surface area contributed by atoms with E-state index in [0.29, 0.717) is 12.1 Å². The predicted molar refractivity (Wildman–Crippen MR) is 84.0 cm³/mol. The van der Waals surface area contributed by atoms with Crippen molar-refractivity contribution in [1.82, 2.24) is 4.98 Å².